The Kier molecular flexibility index (Phi) is 4.78. The van der Waals surface area contributed by atoms with Crippen LogP contribution in [0.15, 0.2) is 30.6 Å². The second-order valence-electron chi connectivity index (χ2n) is 5.42. The highest BCUT2D eigenvalue weighted by Crippen LogP contribution is 2.30. The lowest BCUT2D eigenvalue weighted by Gasteiger charge is -2.14. The molecule has 1 amide bonds. The fraction of sp³-hybridized carbons (Fsp3) is 0.235. The van der Waals surface area contributed by atoms with Crippen molar-refractivity contribution in [1.29, 1.82) is 0 Å². The molecule has 26 heavy (non-hydrogen) atoms. The summed E-state index contributed by atoms with van der Waals surface area (Å²) in [4.78, 5) is 44.3. The Bertz CT molecular complexity index is 883. The molecule has 9 nitrogen and oxygen atoms in total. The van der Waals surface area contributed by atoms with Crippen LogP contribution in [-0.2, 0) is 9.47 Å². The fourth-order valence-electron chi connectivity index (χ4n) is 2.71. The van der Waals surface area contributed by atoms with Gasteiger partial charge in [0.05, 0.1) is 42.8 Å². The molecule has 134 valence electrons. The summed E-state index contributed by atoms with van der Waals surface area (Å²) < 4.78 is 9.40. The number of hydrogen-bond acceptors (Lipinski definition) is 8. The first-order valence-electron chi connectivity index (χ1n) is 7.72. The van der Waals surface area contributed by atoms with Gasteiger partial charge in [-0.25, -0.2) is 19.6 Å². The van der Waals surface area contributed by atoms with Crippen molar-refractivity contribution in [2.45, 2.75) is 6.04 Å². The van der Waals surface area contributed by atoms with Gasteiger partial charge in [-0.3, -0.25) is 4.79 Å². The smallest absolute Gasteiger partial charge is 0.358 e. The Labute approximate surface area is 148 Å². The standard InChI is InChI=1S/C17H16N4O5/c1-25-16(23)10-6-4-3-5-9(10)15(22)21-11-7-18-13-12(11)19-8-20-14(13)17(24)26-2/h3-6,8,11,18H,7H2,1-2H3,(H,21,22). The zero-order valence-electron chi connectivity index (χ0n) is 14.1. The molecule has 3 rings (SSSR count). The molecule has 1 aliphatic heterocycles. The first-order chi connectivity index (χ1) is 12.6. The van der Waals surface area contributed by atoms with Crippen LogP contribution in [-0.4, -0.2) is 48.6 Å². The predicted molar refractivity (Wildman–Crippen MR) is 89.8 cm³/mol. The maximum atomic E-state index is 12.6. The maximum Gasteiger partial charge on any atom is 0.358 e. The quantitative estimate of drug-likeness (QED) is 0.777. The summed E-state index contributed by atoms with van der Waals surface area (Å²) in [6, 6.07) is 5.85. The average molecular weight is 356 g/mol. The van der Waals surface area contributed by atoms with Crippen LogP contribution in [0.1, 0.15) is 42.9 Å². The van der Waals surface area contributed by atoms with E-state index in [1.807, 2.05) is 0 Å². The Morgan fingerprint density at radius 3 is 2.46 bits per heavy atom. The molecule has 1 atom stereocenters. The van der Waals surface area contributed by atoms with E-state index in [1.54, 1.807) is 12.1 Å². The molecule has 0 saturated heterocycles. The van der Waals surface area contributed by atoms with Crippen molar-refractivity contribution >= 4 is 23.5 Å². The van der Waals surface area contributed by atoms with Gasteiger partial charge in [-0.15, -0.1) is 0 Å². The van der Waals surface area contributed by atoms with Crippen LogP contribution in [0.3, 0.4) is 0 Å². The number of amides is 1. The molecule has 0 spiro atoms. The van der Waals surface area contributed by atoms with E-state index in [0.717, 1.165) is 0 Å². The third-order valence-electron chi connectivity index (χ3n) is 3.95. The first-order valence-corrected chi connectivity index (χ1v) is 7.72. The summed E-state index contributed by atoms with van der Waals surface area (Å²) in [6.45, 7) is 0.324. The molecule has 1 aliphatic rings. The Hall–Kier alpha value is -3.49. The number of esters is 2. The van der Waals surface area contributed by atoms with Gasteiger partial charge in [-0.05, 0) is 12.1 Å². The minimum absolute atomic E-state index is 0.101. The molecule has 2 N–H and O–H groups in total. The van der Waals surface area contributed by atoms with Crippen LogP contribution in [0.5, 0.6) is 0 Å². The fourth-order valence-corrected chi connectivity index (χ4v) is 2.71. The predicted octanol–water partition coefficient (Wildman–Crippen LogP) is 0.946. The summed E-state index contributed by atoms with van der Waals surface area (Å²) in [6.07, 6.45) is 1.24. The number of carbonyl (C=O) groups is 3. The van der Waals surface area contributed by atoms with E-state index in [9.17, 15) is 14.4 Å². The first kappa shape index (κ1) is 17.3. The summed E-state index contributed by atoms with van der Waals surface area (Å²) >= 11 is 0. The molecule has 2 aromatic rings. The molecule has 0 saturated carbocycles. The lowest BCUT2D eigenvalue weighted by molar-refractivity contribution is 0.0587. The van der Waals surface area contributed by atoms with Crippen molar-refractivity contribution in [2.24, 2.45) is 0 Å². The number of rotatable bonds is 4. The van der Waals surface area contributed by atoms with E-state index >= 15 is 0 Å². The van der Waals surface area contributed by atoms with Gasteiger partial charge in [-0.2, -0.15) is 0 Å². The number of hydrogen-bond donors (Lipinski definition) is 2. The molecule has 1 aromatic carbocycles. The molecule has 2 heterocycles. The van der Waals surface area contributed by atoms with Crippen molar-refractivity contribution in [1.82, 2.24) is 15.3 Å². The van der Waals surface area contributed by atoms with E-state index in [-0.39, 0.29) is 16.8 Å². The minimum Gasteiger partial charge on any atom is -0.465 e. The van der Waals surface area contributed by atoms with Crippen LogP contribution in [0.2, 0.25) is 0 Å². The van der Waals surface area contributed by atoms with E-state index in [1.165, 1.54) is 32.7 Å². The molecular weight excluding hydrogens is 340 g/mol. The van der Waals surface area contributed by atoms with E-state index in [2.05, 4.69) is 20.6 Å². The van der Waals surface area contributed by atoms with E-state index < -0.39 is 23.9 Å². The van der Waals surface area contributed by atoms with Gasteiger partial charge in [0.15, 0.2) is 5.69 Å². The minimum atomic E-state index is -0.601. The molecule has 1 aromatic heterocycles. The van der Waals surface area contributed by atoms with Crippen LogP contribution >= 0.6 is 0 Å². The number of aromatic nitrogens is 2. The molecular formula is C17H16N4O5. The molecule has 0 aliphatic carbocycles. The van der Waals surface area contributed by atoms with Crippen LogP contribution in [0, 0.1) is 0 Å². The molecule has 0 radical (unpaired) electrons. The molecule has 1 unspecified atom stereocenters. The Morgan fingerprint density at radius 1 is 1.08 bits per heavy atom. The van der Waals surface area contributed by atoms with Gasteiger partial charge >= 0.3 is 11.9 Å². The van der Waals surface area contributed by atoms with Crippen molar-refractivity contribution < 1.29 is 23.9 Å². The summed E-state index contributed by atoms with van der Waals surface area (Å²) in [7, 11) is 2.51. The number of fused-ring (bicyclic) bond motifs is 1. The largest absolute Gasteiger partial charge is 0.465 e. The normalized spacial score (nSPS) is 14.8. The number of ether oxygens (including phenoxy) is 2. The lowest BCUT2D eigenvalue weighted by Crippen LogP contribution is -2.31. The van der Waals surface area contributed by atoms with Crippen molar-refractivity contribution in [3.8, 4) is 0 Å². The third kappa shape index (κ3) is 3.06. The molecule has 0 fully saturated rings. The highest BCUT2D eigenvalue weighted by molar-refractivity contribution is 6.05. The maximum absolute atomic E-state index is 12.6. The third-order valence-corrected chi connectivity index (χ3v) is 3.95. The Balaban J connectivity index is 1.86. The number of anilines is 1. The second-order valence-corrected chi connectivity index (χ2v) is 5.42. The number of nitrogens with one attached hydrogen (secondary N) is 2. The van der Waals surface area contributed by atoms with Gasteiger partial charge < -0.3 is 20.1 Å². The zero-order valence-corrected chi connectivity index (χ0v) is 14.1. The van der Waals surface area contributed by atoms with Crippen molar-refractivity contribution in [2.75, 3.05) is 26.1 Å². The number of nitrogens with zero attached hydrogens (tertiary/aromatic N) is 2. The summed E-state index contributed by atoms with van der Waals surface area (Å²) in [5, 5.41) is 5.81. The second kappa shape index (κ2) is 7.18. The SMILES string of the molecule is COC(=O)c1ccccc1C(=O)NC1CNc2c(C(=O)OC)ncnc21. The summed E-state index contributed by atoms with van der Waals surface area (Å²) in [5.74, 6) is -1.65. The Morgan fingerprint density at radius 2 is 1.77 bits per heavy atom. The van der Waals surface area contributed by atoms with E-state index in [0.29, 0.717) is 17.9 Å². The van der Waals surface area contributed by atoms with Crippen LogP contribution in [0.25, 0.3) is 0 Å². The van der Waals surface area contributed by atoms with Gasteiger partial charge in [-0.1, -0.05) is 12.1 Å². The van der Waals surface area contributed by atoms with Gasteiger partial charge in [0, 0.05) is 6.54 Å². The highest BCUT2D eigenvalue weighted by atomic mass is 16.5. The monoisotopic (exact) mass is 356 g/mol. The van der Waals surface area contributed by atoms with Crippen molar-refractivity contribution in [3.63, 3.8) is 0 Å². The van der Waals surface area contributed by atoms with Crippen LogP contribution < -0.4 is 10.6 Å². The average Bonchev–Trinajstić information content (AvgIpc) is 3.09. The molecule has 9 heteroatoms. The van der Waals surface area contributed by atoms with Gasteiger partial charge in [0.2, 0.25) is 0 Å². The summed E-state index contributed by atoms with van der Waals surface area (Å²) in [5.41, 5.74) is 1.35. The van der Waals surface area contributed by atoms with Gasteiger partial charge in [0.1, 0.15) is 6.33 Å². The molecule has 0 bridgehead atoms. The van der Waals surface area contributed by atoms with Crippen LogP contribution in [0.4, 0.5) is 5.69 Å². The van der Waals surface area contributed by atoms with Crippen molar-refractivity contribution in [3.05, 3.63) is 53.1 Å². The van der Waals surface area contributed by atoms with E-state index in [4.69, 9.17) is 9.47 Å². The van der Waals surface area contributed by atoms with Gasteiger partial charge in [0.25, 0.3) is 5.91 Å². The highest BCUT2D eigenvalue weighted by Gasteiger charge is 2.31. The topological polar surface area (TPSA) is 120 Å². The number of benzene rings is 1. The number of carbonyl (C=O) groups excluding carboxylic acids is 3. The zero-order chi connectivity index (χ0) is 18.7. The number of methoxy groups -OCH3 is 2. The lowest BCUT2D eigenvalue weighted by atomic mass is 10.1.